The van der Waals surface area contributed by atoms with Gasteiger partial charge in [0.15, 0.2) is 0 Å². The molecule has 0 radical (unpaired) electrons. The summed E-state index contributed by atoms with van der Waals surface area (Å²) in [6.07, 6.45) is 0. The molecule has 0 atom stereocenters. The zero-order valence-electron chi connectivity index (χ0n) is 9.26. The molecule has 5 nitrogen and oxygen atoms in total. The Kier molecular flexibility index (Phi) is 2.76. The summed E-state index contributed by atoms with van der Waals surface area (Å²) < 4.78 is 0. The first-order valence-electron chi connectivity index (χ1n) is 5.43. The number of nitrogen functional groups attached to an aromatic ring is 1. The second-order valence-electron chi connectivity index (χ2n) is 4.06. The van der Waals surface area contributed by atoms with Crippen molar-refractivity contribution in [3.05, 3.63) is 40.4 Å². The van der Waals surface area contributed by atoms with Gasteiger partial charge < -0.3 is 0 Å². The van der Waals surface area contributed by atoms with E-state index in [2.05, 4.69) is 44.8 Å². The molecule has 1 aliphatic heterocycles. The molecular formula is C11H13N5S. The Balaban J connectivity index is 1.69. The van der Waals surface area contributed by atoms with Crippen LogP contribution in [0.1, 0.15) is 16.1 Å². The molecule has 2 heterocycles. The first kappa shape index (κ1) is 10.6. The number of hydrogen-bond donors (Lipinski definition) is 2. The molecule has 3 N–H and O–H groups in total. The van der Waals surface area contributed by atoms with E-state index >= 15 is 0 Å². The molecule has 0 unspecified atom stereocenters. The largest absolute Gasteiger partial charge is 0.298 e. The van der Waals surface area contributed by atoms with Gasteiger partial charge in [0.05, 0.1) is 6.54 Å². The van der Waals surface area contributed by atoms with Crippen molar-refractivity contribution >= 4 is 16.5 Å². The molecule has 1 aliphatic rings. The quantitative estimate of drug-likeness (QED) is 0.633. The molecule has 6 heteroatoms. The van der Waals surface area contributed by atoms with Crippen LogP contribution in [0.2, 0.25) is 0 Å². The number of benzene rings is 1. The zero-order chi connectivity index (χ0) is 11.7. The lowest BCUT2D eigenvalue weighted by atomic mass is 10.1. The number of anilines is 1. The van der Waals surface area contributed by atoms with Gasteiger partial charge in [0.2, 0.25) is 5.13 Å². The van der Waals surface area contributed by atoms with E-state index in [1.165, 1.54) is 22.5 Å². The SMILES string of the molecule is NNc1nnc(CN2Cc3ccccc3C2)s1. The van der Waals surface area contributed by atoms with Crippen LogP contribution in [0.5, 0.6) is 0 Å². The van der Waals surface area contributed by atoms with Crippen LogP contribution in [0.4, 0.5) is 5.13 Å². The maximum atomic E-state index is 5.28. The lowest BCUT2D eigenvalue weighted by molar-refractivity contribution is 0.274. The fourth-order valence-corrected chi connectivity index (χ4v) is 2.78. The van der Waals surface area contributed by atoms with Crippen LogP contribution in [0, 0.1) is 0 Å². The number of nitrogens with two attached hydrogens (primary N) is 1. The third-order valence-electron chi connectivity index (χ3n) is 2.86. The number of hydrogen-bond acceptors (Lipinski definition) is 6. The van der Waals surface area contributed by atoms with Crippen molar-refractivity contribution in [1.82, 2.24) is 15.1 Å². The molecule has 2 aromatic rings. The minimum absolute atomic E-state index is 0.664. The van der Waals surface area contributed by atoms with E-state index in [1.807, 2.05) is 0 Å². The second kappa shape index (κ2) is 4.40. The smallest absolute Gasteiger partial charge is 0.219 e. The van der Waals surface area contributed by atoms with Crippen LogP contribution in [-0.2, 0) is 19.6 Å². The van der Waals surface area contributed by atoms with Gasteiger partial charge in [-0.2, -0.15) is 0 Å². The van der Waals surface area contributed by atoms with Gasteiger partial charge in [0.25, 0.3) is 0 Å². The Hall–Kier alpha value is -1.50. The van der Waals surface area contributed by atoms with Crippen molar-refractivity contribution in [3.63, 3.8) is 0 Å². The van der Waals surface area contributed by atoms with Gasteiger partial charge in [-0.25, -0.2) is 5.84 Å². The lowest BCUT2D eigenvalue weighted by Crippen LogP contribution is -2.15. The number of nitrogens with one attached hydrogen (secondary N) is 1. The molecule has 0 bridgehead atoms. The third-order valence-corrected chi connectivity index (χ3v) is 3.69. The Bertz CT molecular complexity index is 499. The predicted octanol–water partition coefficient (Wildman–Crippen LogP) is 1.34. The number of aromatic nitrogens is 2. The van der Waals surface area contributed by atoms with Crippen LogP contribution in [0.3, 0.4) is 0 Å². The first-order chi connectivity index (χ1) is 8.35. The van der Waals surface area contributed by atoms with Gasteiger partial charge >= 0.3 is 0 Å². The molecule has 88 valence electrons. The number of fused-ring (bicyclic) bond motifs is 1. The normalized spacial score (nSPS) is 14.9. The molecular weight excluding hydrogens is 234 g/mol. The maximum Gasteiger partial charge on any atom is 0.219 e. The Morgan fingerprint density at radius 1 is 1.24 bits per heavy atom. The summed E-state index contributed by atoms with van der Waals surface area (Å²) in [6.45, 7) is 2.80. The van der Waals surface area contributed by atoms with Crippen LogP contribution < -0.4 is 11.3 Å². The van der Waals surface area contributed by atoms with Gasteiger partial charge in [-0.3, -0.25) is 10.3 Å². The highest BCUT2D eigenvalue weighted by molar-refractivity contribution is 7.15. The summed E-state index contributed by atoms with van der Waals surface area (Å²) in [5.74, 6) is 5.28. The summed E-state index contributed by atoms with van der Waals surface area (Å²) in [5, 5.41) is 9.68. The third kappa shape index (κ3) is 2.14. The van der Waals surface area contributed by atoms with Crippen LogP contribution in [0.15, 0.2) is 24.3 Å². The zero-order valence-corrected chi connectivity index (χ0v) is 10.1. The molecule has 1 aromatic heterocycles. The molecule has 0 saturated heterocycles. The van der Waals surface area contributed by atoms with Crippen LogP contribution in [0.25, 0.3) is 0 Å². The molecule has 0 amide bonds. The van der Waals surface area contributed by atoms with Gasteiger partial charge in [-0.05, 0) is 11.1 Å². The van der Waals surface area contributed by atoms with Gasteiger partial charge in [0, 0.05) is 13.1 Å². The maximum absolute atomic E-state index is 5.28. The minimum atomic E-state index is 0.664. The van der Waals surface area contributed by atoms with Crippen molar-refractivity contribution in [2.45, 2.75) is 19.6 Å². The first-order valence-corrected chi connectivity index (χ1v) is 6.25. The average molecular weight is 247 g/mol. The lowest BCUT2D eigenvalue weighted by Gasteiger charge is -2.11. The Morgan fingerprint density at radius 3 is 2.53 bits per heavy atom. The van der Waals surface area contributed by atoms with E-state index in [9.17, 15) is 0 Å². The highest BCUT2D eigenvalue weighted by atomic mass is 32.1. The minimum Gasteiger partial charge on any atom is -0.298 e. The molecule has 0 spiro atoms. The number of rotatable bonds is 3. The summed E-state index contributed by atoms with van der Waals surface area (Å²) in [5.41, 5.74) is 5.34. The highest BCUT2D eigenvalue weighted by Gasteiger charge is 2.19. The second-order valence-corrected chi connectivity index (χ2v) is 5.12. The van der Waals surface area contributed by atoms with Crippen LogP contribution >= 0.6 is 11.3 Å². The molecule has 1 aromatic carbocycles. The van der Waals surface area contributed by atoms with Crippen molar-refractivity contribution in [2.75, 3.05) is 5.43 Å². The molecule has 3 rings (SSSR count). The van der Waals surface area contributed by atoms with Crippen molar-refractivity contribution in [2.24, 2.45) is 5.84 Å². The molecule has 0 saturated carbocycles. The van der Waals surface area contributed by atoms with E-state index < -0.39 is 0 Å². The van der Waals surface area contributed by atoms with Gasteiger partial charge in [-0.15, -0.1) is 10.2 Å². The molecule has 0 fully saturated rings. The van der Waals surface area contributed by atoms with E-state index in [-0.39, 0.29) is 0 Å². The molecule has 0 aliphatic carbocycles. The topological polar surface area (TPSA) is 67.1 Å². The predicted molar refractivity (Wildman–Crippen MR) is 67.1 cm³/mol. The van der Waals surface area contributed by atoms with Crippen LogP contribution in [-0.4, -0.2) is 15.1 Å². The van der Waals surface area contributed by atoms with E-state index in [0.717, 1.165) is 24.6 Å². The van der Waals surface area contributed by atoms with Gasteiger partial charge in [-0.1, -0.05) is 35.6 Å². The van der Waals surface area contributed by atoms with E-state index in [0.29, 0.717) is 5.13 Å². The monoisotopic (exact) mass is 247 g/mol. The summed E-state index contributed by atoms with van der Waals surface area (Å²) in [7, 11) is 0. The van der Waals surface area contributed by atoms with Gasteiger partial charge in [0.1, 0.15) is 5.01 Å². The van der Waals surface area contributed by atoms with E-state index in [1.54, 1.807) is 0 Å². The number of nitrogens with zero attached hydrogens (tertiary/aromatic N) is 3. The Labute approximate surface area is 103 Å². The highest BCUT2D eigenvalue weighted by Crippen LogP contribution is 2.25. The standard InChI is InChI=1S/C11H13N5S/c12-13-11-15-14-10(17-11)7-16-5-8-3-1-2-4-9(8)6-16/h1-4H,5-7,12H2,(H,13,15). The summed E-state index contributed by atoms with van der Waals surface area (Å²) in [6, 6.07) is 8.54. The van der Waals surface area contributed by atoms with Crippen molar-refractivity contribution in [3.8, 4) is 0 Å². The van der Waals surface area contributed by atoms with Crippen molar-refractivity contribution in [1.29, 1.82) is 0 Å². The average Bonchev–Trinajstić information content (AvgIpc) is 2.94. The molecule has 17 heavy (non-hydrogen) atoms. The Morgan fingerprint density at radius 2 is 1.94 bits per heavy atom. The van der Waals surface area contributed by atoms with Crippen molar-refractivity contribution < 1.29 is 0 Å². The van der Waals surface area contributed by atoms with E-state index in [4.69, 9.17) is 5.84 Å². The number of hydrazine groups is 1. The summed E-state index contributed by atoms with van der Waals surface area (Å²) >= 11 is 1.50. The fraction of sp³-hybridized carbons (Fsp3) is 0.273. The summed E-state index contributed by atoms with van der Waals surface area (Å²) in [4.78, 5) is 2.35. The fourth-order valence-electron chi connectivity index (χ4n) is 2.08.